The van der Waals surface area contributed by atoms with Gasteiger partial charge in [-0.1, -0.05) is 50.2 Å². The lowest BCUT2D eigenvalue weighted by Gasteiger charge is -2.33. The minimum Gasteiger partial charge on any atom is -0.396 e. The number of aliphatic hydroxyl groups excluding tert-OH is 1. The Kier molecular flexibility index (Phi) is 4.11. The number of aliphatic hydroxyl groups is 1. The number of hydrogen-bond donors (Lipinski definition) is 1. The van der Waals surface area contributed by atoms with Gasteiger partial charge in [-0.05, 0) is 18.4 Å². The largest absolute Gasteiger partial charge is 0.396 e. The molecule has 2 aromatic rings. The minimum atomic E-state index is -0.0903. The summed E-state index contributed by atoms with van der Waals surface area (Å²) in [5.41, 5.74) is 1.16. The molecule has 0 aliphatic rings. The topological polar surface area (TPSA) is 23.5 Å². The molecule has 2 nitrogen and oxygen atoms in total. The van der Waals surface area contributed by atoms with Gasteiger partial charge < -0.3 is 10.0 Å². The van der Waals surface area contributed by atoms with Crippen LogP contribution in [0, 0.1) is 5.41 Å². The fraction of sp³-hybridized carbons (Fsp3) is 0.412. The van der Waals surface area contributed by atoms with E-state index in [0.29, 0.717) is 0 Å². The normalized spacial score (nSPS) is 11.8. The summed E-state index contributed by atoms with van der Waals surface area (Å²) in [7, 11) is 0. The first-order valence-corrected chi connectivity index (χ1v) is 6.91. The van der Waals surface area contributed by atoms with Crippen LogP contribution in [-0.4, -0.2) is 24.8 Å². The smallest absolute Gasteiger partial charge is 0.0499 e. The molecule has 0 amide bonds. The molecule has 2 heteroatoms. The molecule has 1 N–H and O–H groups in total. The van der Waals surface area contributed by atoms with Crippen LogP contribution >= 0.6 is 0 Å². The zero-order valence-electron chi connectivity index (χ0n) is 12.1. The molecule has 2 rings (SSSR count). The fourth-order valence-electron chi connectivity index (χ4n) is 2.42. The zero-order chi connectivity index (χ0) is 13.9. The SMILES string of the molecule is CCN(CC(C)(C)CO)c1cccc2ccccc12. The van der Waals surface area contributed by atoms with Crippen molar-refractivity contribution in [1.82, 2.24) is 0 Å². The van der Waals surface area contributed by atoms with Crippen LogP contribution in [-0.2, 0) is 0 Å². The van der Waals surface area contributed by atoms with Crippen molar-refractivity contribution in [2.24, 2.45) is 5.41 Å². The van der Waals surface area contributed by atoms with Crippen LogP contribution in [0.25, 0.3) is 10.8 Å². The monoisotopic (exact) mass is 257 g/mol. The molecule has 0 spiro atoms. The molecule has 0 bridgehead atoms. The Labute approximate surface area is 115 Å². The first-order chi connectivity index (χ1) is 9.07. The van der Waals surface area contributed by atoms with Gasteiger partial charge in [-0.3, -0.25) is 0 Å². The lowest BCUT2D eigenvalue weighted by atomic mass is 9.93. The number of rotatable bonds is 5. The van der Waals surface area contributed by atoms with Gasteiger partial charge >= 0.3 is 0 Å². The molecule has 0 unspecified atom stereocenters. The minimum absolute atomic E-state index is 0.0903. The Balaban J connectivity index is 2.41. The second kappa shape index (κ2) is 5.62. The van der Waals surface area contributed by atoms with Crippen LogP contribution in [0.4, 0.5) is 5.69 Å². The van der Waals surface area contributed by atoms with E-state index in [1.54, 1.807) is 0 Å². The predicted octanol–water partition coefficient (Wildman–Crippen LogP) is 3.68. The summed E-state index contributed by atoms with van der Waals surface area (Å²) in [4.78, 5) is 2.35. The third-order valence-electron chi connectivity index (χ3n) is 3.54. The highest BCUT2D eigenvalue weighted by Crippen LogP contribution is 2.29. The number of hydrogen-bond acceptors (Lipinski definition) is 2. The molecule has 0 aliphatic heterocycles. The molecule has 0 atom stereocenters. The van der Waals surface area contributed by atoms with Crippen molar-refractivity contribution in [2.45, 2.75) is 20.8 Å². The first kappa shape index (κ1) is 13.9. The van der Waals surface area contributed by atoms with E-state index in [1.165, 1.54) is 16.5 Å². The van der Waals surface area contributed by atoms with Gasteiger partial charge in [0.15, 0.2) is 0 Å². The van der Waals surface area contributed by atoms with Gasteiger partial charge in [0, 0.05) is 36.2 Å². The third-order valence-corrected chi connectivity index (χ3v) is 3.54. The van der Waals surface area contributed by atoms with E-state index in [-0.39, 0.29) is 12.0 Å². The van der Waals surface area contributed by atoms with E-state index in [2.05, 4.69) is 68.1 Å². The molecule has 19 heavy (non-hydrogen) atoms. The van der Waals surface area contributed by atoms with Crippen molar-refractivity contribution in [1.29, 1.82) is 0 Å². The molecule has 0 saturated heterocycles. The van der Waals surface area contributed by atoms with E-state index < -0.39 is 0 Å². The van der Waals surface area contributed by atoms with Gasteiger partial charge in [0.05, 0.1) is 0 Å². The zero-order valence-corrected chi connectivity index (χ0v) is 12.1. The molecular formula is C17H23NO. The molecule has 102 valence electrons. The van der Waals surface area contributed by atoms with Crippen LogP contribution in [0.2, 0.25) is 0 Å². The summed E-state index contributed by atoms with van der Waals surface area (Å²) in [5.74, 6) is 0. The van der Waals surface area contributed by atoms with Crippen LogP contribution in [0.15, 0.2) is 42.5 Å². The molecule has 0 fully saturated rings. The van der Waals surface area contributed by atoms with Gasteiger partial charge in [-0.2, -0.15) is 0 Å². The molecule has 0 aliphatic carbocycles. The summed E-state index contributed by atoms with van der Waals surface area (Å²) in [6, 6.07) is 14.9. The van der Waals surface area contributed by atoms with Crippen molar-refractivity contribution < 1.29 is 5.11 Å². The highest BCUT2D eigenvalue weighted by molar-refractivity contribution is 5.94. The van der Waals surface area contributed by atoms with Gasteiger partial charge in [-0.15, -0.1) is 0 Å². The van der Waals surface area contributed by atoms with E-state index in [1.807, 2.05) is 0 Å². The maximum Gasteiger partial charge on any atom is 0.0499 e. The van der Waals surface area contributed by atoms with E-state index in [4.69, 9.17) is 0 Å². The quantitative estimate of drug-likeness (QED) is 0.883. The van der Waals surface area contributed by atoms with Crippen molar-refractivity contribution >= 4 is 16.5 Å². The summed E-state index contributed by atoms with van der Waals surface area (Å²) < 4.78 is 0. The highest BCUT2D eigenvalue weighted by atomic mass is 16.3. The third kappa shape index (κ3) is 3.07. The Morgan fingerprint density at radius 2 is 1.74 bits per heavy atom. The summed E-state index contributed by atoms with van der Waals surface area (Å²) in [6.45, 7) is 8.36. The number of benzene rings is 2. The lowest BCUT2D eigenvalue weighted by molar-refractivity contribution is 0.164. The van der Waals surface area contributed by atoms with Crippen LogP contribution in [0.5, 0.6) is 0 Å². The van der Waals surface area contributed by atoms with Crippen molar-refractivity contribution in [3.63, 3.8) is 0 Å². The van der Waals surface area contributed by atoms with Gasteiger partial charge in [0.2, 0.25) is 0 Å². The number of anilines is 1. The Morgan fingerprint density at radius 1 is 1.05 bits per heavy atom. The van der Waals surface area contributed by atoms with Gasteiger partial charge in [0.1, 0.15) is 0 Å². The molecule has 0 saturated carbocycles. The summed E-state index contributed by atoms with van der Waals surface area (Å²) in [6.07, 6.45) is 0. The molecule has 0 radical (unpaired) electrons. The van der Waals surface area contributed by atoms with E-state index >= 15 is 0 Å². The van der Waals surface area contributed by atoms with Crippen molar-refractivity contribution in [3.8, 4) is 0 Å². The maximum absolute atomic E-state index is 9.47. The average molecular weight is 257 g/mol. The van der Waals surface area contributed by atoms with Crippen LogP contribution in [0.1, 0.15) is 20.8 Å². The van der Waals surface area contributed by atoms with Crippen LogP contribution < -0.4 is 4.90 Å². The average Bonchev–Trinajstić information content (AvgIpc) is 2.44. The number of nitrogens with zero attached hydrogens (tertiary/aromatic N) is 1. The Bertz CT molecular complexity index is 542. The first-order valence-electron chi connectivity index (χ1n) is 6.91. The second-order valence-corrected chi connectivity index (χ2v) is 5.83. The Morgan fingerprint density at radius 3 is 2.42 bits per heavy atom. The standard InChI is InChI=1S/C17H23NO/c1-4-18(12-17(2,3)13-19)16-11-7-9-14-8-5-6-10-15(14)16/h5-11,19H,4,12-13H2,1-3H3. The number of fused-ring (bicyclic) bond motifs is 1. The van der Waals surface area contributed by atoms with Crippen molar-refractivity contribution in [3.05, 3.63) is 42.5 Å². The highest BCUT2D eigenvalue weighted by Gasteiger charge is 2.21. The molecule has 2 aromatic carbocycles. The van der Waals surface area contributed by atoms with E-state index in [0.717, 1.165) is 13.1 Å². The summed E-state index contributed by atoms with van der Waals surface area (Å²) in [5, 5.41) is 12.0. The van der Waals surface area contributed by atoms with Crippen molar-refractivity contribution in [2.75, 3.05) is 24.6 Å². The second-order valence-electron chi connectivity index (χ2n) is 5.83. The molecule has 0 aromatic heterocycles. The lowest BCUT2D eigenvalue weighted by Crippen LogP contribution is -2.36. The van der Waals surface area contributed by atoms with E-state index in [9.17, 15) is 5.11 Å². The maximum atomic E-state index is 9.47. The fourth-order valence-corrected chi connectivity index (χ4v) is 2.42. The van der Waals surface area contributed by atoms with Gasteiger partial charge in [-0.25, -0.2) is 0 Å². The van der Waals surface area contributed by atoms with Gasteiger partial charge in [0.25, 0.3) is 0 Å². The van der Waals surface area contributed by atoms with Crippen LogP contribution in [0.3, 0.4) is 0 Å². The molecular weight excluding hydrogens is 234 g/mol. The Hall–Kier alpha value is -1.54. The summed E-state index contributed by atoms with van der Waals surface area (Å²) >= 11 is 0. The predicted molar refractivity (Wildman–Crippen MR) is 82.7 cm³/mol. The molecule has 0 heterocycles.